The lowest BCUT2D eigenvalue weighted by atomic mass is 10.0. The number of rotatable bonds is 6. The predicted octanol–water partition coefficient (Wildman–Crippen LogP) is 4.45. The Morgan fingerprint density at radius 1 is 1.17 bits per heavy atom. The van der Waals surface area contributed by atoms with Crippen molar-refractivity contribution in [1.82, 2.24) is 4.98 Å². The predicted molar refractivity (Wildman–Crippen MR) is 121 cm³/mol. The number of alkyl halides is 1. The number of fused-ring (bicyclic) bond motifs is 1. The van der Waals surface area contributed by atoms with Crippen molar-refractivity contribution in [2.75, 3.05) is 37.1 Å². The van der Waals surface area contributed by atoms with Crippen molar-refractivity contribution < 1.29 is 14.6 Å². The summed E-state index contributed by atoms with van der Waals surface area (Å²) in [6.45, 7) is 2.85. The normalized spacial score (nSPS) is 14.5. The van der Waals surface area contributed by atoms with Crippen molar-refractivity contribution in [2.24, 2.45) is 0 Å². The third kappa shape index (κ3) is 4.48. The molecular formula is C24H23ClN2O3. The van der Waals surface area contributed by atoms with Gasteiger partial charge in [0.05, 0.1) is 18.7 Å². The molecule has 154 valence electrons. The first kappa shape index (κ1) is 20.4. The molecule has 6 heteroatoms. The standard InChI is InChI=1S/C24H23ClN2O3/c25-10-9-19-16-18(5-7-23(19)29)22(28)8-6-20-15-17-3-1-2-4-21(17)26-24(20)27-11-13-30-14-12-27/h1-8,15-16,29H,9-14H2/b8-6+. The molecule has 0 saturated carbocycles. The minimum absolute atomic E-state index is 0.132. The fourth-order valence-corrected chi connectivity index (χ4v) is 3.78. The molecule has 1 aromatic heterocycles. The Balaban J connectivity index is 1.67. The van der Waals surface area contributed by atoms with Gasteiger partial charge in [-0.05, 0) is 54.5 Å². The fourth-order valence-electron chi connectivity index (χ4n) is 3.58. The summed E-state index contributed by atoms with van der Waals surface area (Å²) in [6.07, 6.45) is 3.89. The second-order valence-electron chi connectivity index (χ2n) is 7.17. The van der Waals surface area contributed by atoms with Crippen molar-refractivity contribution in [1.29, 1.82) is 0 Å². The molecule has 4 rings (SSSR count). The van der Waals surface area contributed by atoms with E-state index >= 15 is 0 Å². The van der Waals surface area contributed by atoms with Crippen LogP contribution in [0.25, 0.3) is 17.0 Å². The number of phenols is 1. The maximum Gasteiger partial charge on any atom is 0.185 e. The van der Waals surface area contributed by atoms with E-state index in [-0.39, 0.29) is 11.5 Å². The van der Waals surface area contributed by atoms with Crippen LogP contribution < -0.4 is 4.90 Å². The summed E-state index contributed by atoms with van der Waals surface area (Å²) in [4.78, 5) is 19.8. The van der Waals surface area contributed by atoms with Gasteiger partial charge in [0.25, 0.3) is 0 Å². The smallest absolute Gasteiger partial charge is 0.185 e. The maximum atomic E-state index is 12.8. The fraction of sp³-hybridized carbons (Fsp3) is 0.250. The lowest BCUT2D eigenvalue weighted by molar-refractivity contribution is 0.104. The van der Waals surface area contributed by atoms with E-state index in [1.807, 2.05) is 30.3 Å². The third-order valence-electron chi connectivity index (χ3n) is 5.19. The number of hydrogen-bond acceptors (Lipinski definition) is 5. The van der Waals surface area contributed by atoms with Crippen LogP contribution in [0.2, 0.25) is 0 Å². The quantitative estimate of drug-likeness (QED) is 0.361. The number of aromatic hydroxyl groups is 1. The Hall–Kier alpha value is -2.89. The van der Waals surface area contributed by atoms with Crippen LogP contribution in [-0.4, -0.2) is 48.1 Å². The summed E-state index contributed by atoms with van der Waals surface area (Å²) in [5, 5.41) is 10.9. The lowest BCUT2D eigenvalue weighted by Gasteiger charge is -2.29. The van der Waals surface area contributed by atoms with E-state index < -0.39 is 0 Å². The van der Waals surface area contributed by atoms with Crippen LogP contribution in [0.5, 0.6) is 5.75 Å². The van der Waals surface area contributed by atoms with Gasteiger partial charge in [-0.1, -0.05) is 18.2 Å². The molecule has 0 aliphatic carbocycles. The van der Waals surface area contributed by atoms with Gasteiger partial charge in [-0.3, -0.25) is 4.79 Å². The number of para-hydroxylation sites is 1. The van der Waals surface area contributed by atoms with Crippen LogP contribution in [0.3, 0.4) is 0 Å². The number of morpholine rings is 1. The summed E-state index contributed by atoms with van der Waals surface area (Å²) in [5.41, 5.74) is 3.01. The number of pyridine rings is 1. The molecular weight excluding hydrogens is 400 g/mol. The number of halogens is 1. The highest BCUT2D eigenvalue weighted by atomic mass is 35.5. The van der Waals surface area contributed by atoms with Gasteiger partial charge in [0.1, 0.15) is 11.6 Å². The van der Waals surface area contributed by atoms with Gasteiger partial charge < -0.3 is 14.7 Å². The molecule has 1 fully saturated rings. The van der Waals surface area contributed by atoms with Crippen molar-refractivity contribution in [3.8, 4) is 5.75 Å². The van der Waals surface area contributed by atoms with E-state index in [2.05, 4.69) is 11.0 Å². The topological polar surface area (TPSA) is 62.7 Å². The van der Waals surface area contributed by atoms with Crippen LogP contribution in [0.1, 0.15) is 21.5 Å². The van der Waals surface area contributed by atoms with E-state index in [1.54, 1.807) is 24.3 Å². The molecule has 1 aliphatic rings. The Bertz CT molecular complexity index is 1090. The van der Waals surface area contributed by atoms with Crippen molar-refractivity contribution in [3.63, 3.8) is 0 Å². The Morgan fingerprint density at radius 3 is 2.77 bits per heavy atom. The van der Waals surface area contributed by atoms with E-state index in [0.29, 0.717) is 36.6 Å². The zero-order valence-electron chi connectivity index (χ0n) is 16.6. The van der Waals surface area contributed by atoms with Crippen LogP contribution in [0, 0.1) is 0 Å². The summed E-state index contributed by atoms with van der Waals surface area (Å²) in [6, 6.07) is 14.9. The lowest BCUT2D eigenvalue weighted by Crippen LogP contribution is -2.37. The van der Waals surface area contributed by atoms with Gasteiger partial charge in [-0.25, -0.2) is 4.98 Å². The molecule has 0 radical (unpaired) electrons. The van der Waals surface area contributed by atoms with E-state index in [1.165, 1.54) is 0 Å². The van der Waals surface area contributed by atoms with E-state index in [9.17, 15) is 9.90 Å². The Morgan fingerprint density at radius 2 is 1.97 bits per heavy atom. The molecule has 1 saturated heterocycles. The van der Waals surface area contributed by atoms with E-state index in [4.69, 9.17) is 21.3 Å². The molecule has 0 amide bonds. The van der Waals surface area contributed by atoms with Gasteiger partial charge >= 0.3 is 0 Å². The Labute approximate surface area is 180 Å². The van der Waals surface area contributed by atoms with Gasteiger partial charge in [0, 0.05) is 35.5 Å². The molecule has 0 bridgehead atoms. The number of phenolic OH excluding ortho intramolecular Hbond substituents is 1. The minimum atomic E-state index is -0.132. The van der Waals surface area contributed by atoms with Gasteiger partial charge in [0.15, 0.2) is 5.78 Å². The number of hydrogen-bond donors (Lipinski definition) is 1. The summed E-state index contributed by atoms with van der Waals surface area (Å²) in [7, 11) is 0. The number of aryl methyl sites for hydroxylation is 1. The molecule has 3 aromatic rings. The molecule has 30 heavy (non-hydrogen) atoms. The van der Waals surface area contributed by atoms with Crippen molar-refractivity contribution in [3.05, 3.63) is 71.3 Å². The third-order valence-corrected chi connectivity index (χ3v) is 5.37. The number of ketones is 1. The van der Waals surface area contributed by atoms with Gasteiger partial charge in [-0.2, -0.15) is 0 Å². The molecule has 0 unspecified atom stereocenters. The molecule has 0 atom stereocenters. The van der Waals surface area contributed by atoms with Crippen LogP contribution >= 0.6 is 11.6 Å². The van der Waals surface area contributed by atoms with E-state index in [0.717, 1.165) is 35.4 Å². The molecule has 0 spiro atoms. The van der Waals surface area contributed by atoms with Gasteiger partial charge in [0.2, 0.25) is 0 Å². The Kier molecular flexibility index (Phi) is 6.31. The summed E-state index contributed by atoms with van der Waals surface area (Å²) < 4.78 is 5.47. The molecule has 2 aromatic carbocycles. The number of benzene rings is 2. The summed E-state index contributed by atoms with van der Waals surface area (Å²) in [5.74, 6) is 1.26. The average Bonchev–Trinajstić information content (AvgIpc) is 2.79. The monoisotopic (exact) mass is 422 g/mol. The summed E-state index contributed by atoms with van der Waals surface area (Å²) >= 11 is 5.79. The molecule has 2 heterocycles. The second-order valence-corrected chi connectivity index (χ2v) is 7.55. The van der Waals surface area contributed by atoms with Crippen molar-refractivity contribution >= 4 is 40.2 Å². The molecule has 5 nitrogen and oxygen atoms in total. The number of carbonyl (C=O) groups is 1. The van der Waals surface area contributed by atoms with Crippen LogP contribution in [0.15, 0.2) is 54.6 Å². The first-order chi connectivity index (χ1) is 14.7. The maximum absolute atomic E-state index is 12.8. The minimum Gasteiger partial charge on any atom is -0.508 e. The molecule has 1 N–H and O–H groups in total. The number of nitrogens with zero attached hydrogens (tertiary/aromatic N) is 2. The number of allylic oxidation sites excluding steroid dienone is 1. The zero-order chi connectivity index (χ0) is 20.9. The number of ether oxygens (including phenoxy) is 1. The first-order valence-electron chi connectivity index (χ1n) is 9.98. The van der Waals surface area contributed by atoms with Crippen LogP contribution in [-0.2, 0) is 11.2 Å². The second kappa shape index (κ2) is 9.28. The number of anilines is 1. The SMILES string of the molecule is O=C(/C=C/c1cc2ccccc2nc1N1CCOCC1)c1ccc(O)c(CCCl)c1. The average molecular weight is 423 g/mol. The highest BCUT2D eigenvalue weighted by Gasteiger charge is 2.16. The zero-order valence-corrected chi connectivity index (χ0v) is 17.3. The van der Waals surface area contributed by atoms with Gasteiger partial charge in [-0.15, -0.1) is 11.6 Å². The number of carbonyl (C=O) groups excluding carboxylic acids is 1. The highest BCUT2D eigenvalue weighted by Crippen LogP contribution is 2.26. The number of aromatic nitrogens is 1. The largest absolute Gasteiger partial charge is 0.508 e. The first-order valence-corrected chi connectivity index (χ1v) is 10.5. The highest BCUT2D eigenvalue weighted by molar-refractivity contribution is 6.18. The van der Waals surface area contributed by atoms with Crippen molar-refractivity contribution in [2.45, 2.75) is 6.42 Å². The molecule has 1 aliphatic heterocycles. The van der Waals surface area contributed by atoms with Crippen LogP contribution in [0.4, 0.5) is 5.82 Å².